The van der Waals surface area contributed by atoms with Crippen LogP contribution in [0, 0.1) is 12.7 Å². The molecule has 7 nitrogen and oxygen atoms in total. The molecule has 0 saturated heterocycles. The van der Waals surface area contributed by atoms with Crippen molar-refractivity contribution in [2.75, 3.05) is 7.05 Å². The van der Waals surface area contributed by atoms with E-state index in [-0.39, 0.29) is 11.4 Å². The molecule has 0 spiro atoms. The Kier molecular flexibility index (Phi) is 4.33. The molecule has 0 radical (unpaired) electrons. The number of aromatic amines is 2. The van der Waals surface area contributed by atoms with Crippen molar-refractivity contribution in [3.63, 3.8) is 0 Å². The van der Waals surface area contributed by atoms with Crippen LogP contribution in [0.2, 0.25) is 0 Å². The normalized spacial score (nSPS) is 11.6. The zero-order chi connectivity index (χ0) is 19.0. The van der Waals surface area contributed by atoms with E-state index in [9.17, 15) is 9.18 Å². The Bertz CT molecular complexity index is 1140. The molecular formula is C19H19FN6O. The molecule has 0 saturated carbocycles. The van der Waals surface area contributed by atoms with Crippen LogP contribution >= 0.6 is 0 Å². The number of H-pyrrole nitrogens is 2. The largest absolute Gasteiger partial charge is 0.296 e. The number of aryl methyl sites for hydroxylation is 1. The number of nitrogens with one attached hydrogen (secondary N) is 2. The van der Waals surface area contributed by atoms with Gasteiger partial charge in [-0.1, -0.05) is 0 Å². The molecule has 27 heavy (non-hydrogen) atoms. The fraction of sp³-hybridized carbons (Fsp3) is 0.211. The third-order valence-electron chi connectivity index (χ3n) is 4.35. The molecule has 0 aliphatic carbocycles. The summed E-state index contributed by atoms with van der Waals surface area (Å²) in [4.78, 5) is 18.8. The molecule has 3 aromatic heterocycles. The lowest BCUT2D eigenvalue weighted by molar-refractivity contribution is 0.315. The molecule has 2 N–H and O–H groups in total. The first-order valence-corrected chi connectivity index (χ1v) is 8.54. The molecule has 4 rings (SSSR count). The van der Waals surface area contributed by atoms with Crippen LogP contribution < -0.4 is 5.56 Å². The summed E-state index contributed by atoms with van der Waals surface area (Å²) in [7, 11) is 1.95. The van der Waals surface area contributed by atoms with Gasteiger partial charge in [-0.25, -0.2) is 13.9 Å². The second kappa shape index (κ2) is 6.81. The van der Waals surface area contributed by atoms with Gasteiger partial charge in [-0.05, 0) is 38.2 Å². The van der Waals surface area contributed by atoms with Crippen LogP contribution in [0.3, 0.4) is 0 Å². The first kappa shape index (κ1) is 17.2. The van der Waals surface area contributed by atoms with Gasteiger partial charge < -0.3 is 0 Å². The van der Waals surface area contributed by atoms with Crippen molar-refractivity contribution in [2.45, 2.75) is 20.0 Å². The fourth-order valence-electron chi connectivity index (χ4n) is 3.16. The zero-order valence-corrected chi connectivity index (χ0v) is 15.0. The van der Waals surface area contributed by atoms with Crippen LogP contribution in [0.1, 0.15) is 17.0 Å². The number of hydrogen-bond acceptors (Lipinski definition) is 4. The molecule has 8 heteroatoms. The molecule has 4 aromatic rings. The summed E-state index contributed by atoms with van der Waals surface area (Å²) < 4.78 is 14.6. The Morgan fingerprint density at radius 2 is 1.96 bits per heavy atom. The van der Waals surface area contributed by atoms with E-state index >= 15 is 0 Å². The highest BCUT2D eigenvalue weighted by molar-refractivity contribution is 5.62. The third-order valence-corrected chi connectivity index (χ3v) is 4.35. The Labute approximate surface area is 154 Å². The first-order valence-electron chi connectivity index (χ1n) is 8.54. The zero-order valence-electron chi connectivity index (χ0n) is 15.0. The molecule has 0 aliphatic heterocycles. The summed E-state index contributed by atoms with van der Waals surface area (Å²) in [6.45, 7) is 3.01. The second-order valence-corrected chi connectivity index (χ2v) is 6.67. The molecule has 138 valence electrons. The van der Waals surface area contributed by atoms with Crippen LogP contribution in [0.15, 0.2) is 47.4 Å². The lowest BCUT2D eigenvalue weighted by atomic mass is 10.1. The average molecular weight is 366 g/mol. The summed E-state index contributed by atoms with van der Waals surface area (Å²) in [5.74, 6) is -0.273. The van der Waals surface area contributed by atoms with Crippen molar-refractivity contribution in [1.29, 1.82) is 0 Å². The predicted molar refractivity (Wildman–Crippen MR) is 99.7 cm³/mol. The number of hydrogen-bond donors (Lipinski definition) is 2. The monoisotopic (exact) mass is 366 g/mol. The number of nitrogens with zero attached hydrogens (tertiary/aromatic N) is 4. The van der Waals surface area contributed by atoms with E-state index in [0.717, 1.165) is 22.5 Å². The molecule has 0 amide bonds. The topological polar surface area (TPSA) is 82.1 Å². The fourth-order valence-corrected chi connectivity index (χ4v) is 3.16. The SMILES string of the molecule is Cc1cc2nc(CN(C)Cc3cn[nH]c3-c3ccc(F)cc3)cc(=O)n2[nH]1. The van der Waals surface area contributed by atoms with Gasteiger partial charge in [0.25, 0.3) is 5.56 Å². The molecule has 0 aliphatic rings. The van der Waals surface area contributed by atoms with Gasteiger partial charge in [0.1, 0.15) is 5.82 Å². The highest BCUT2D eigenvalue weighted by Gasteiger charge is 2.12. The van der Waals surface area contributed by atoms with Crippen molar-refractivity contribution >= 4 is 5.65 Å². The molecule has 1 aromatic carbocycles. The van der Waals surface area contributed by atoms with E-state index in [1.54, 1.807) is 18.3 Å². The summed E-state index contributed by atoms with van der Waals surface area (Å²) in [5, 5.41) is 10.1. The maximum atomic E-state index is 13.2. The van der Waals surface area contributed by atoms with Crippen molar-refractivity contribution in [1.82, 2.24) is 29.7 Å². The number of aromatic nitrogens is 5. The maximum Gasteiger partial charge on any atom is 0.272 e. The van der Waals surface area contributed by atoms with Crippen LogP contribution in [-0.4, -0.2) is 36.7 Å². The first-order chi connectivity index (χ1) is 13.0. The van der Waals surface area contributed by atoms with E-state index in [4.69, 9.17) is 0 Å². The lowest BCUT2D eigenvalue weighted by Crippen LogP contribution is -2.22. The molecule has 0 atom stereocenters. The van der Waals surface area contributed by atoms with Crippen LogP contribution in [0.5, 0.6) is 0 Å². The average Bonchev–Trinajstić information content (AvgIpc) is 3.21. The predicted octanol–water partition coefficient (Wildman–Crippen LogP) is 2.49. The highest BCUT2D eigenvalue weighted by atomic mass is 19.1. The van der Waals surface area contributed by atoms with Gasteiger partial charge in [0.05, 0.1) is 17.6 Å². The van der Waals surface area contributed by atoms with Gasteiger partial charge in [0.15, 0.2) is 5.65 Å². The minimum absolute atomic E-state index is 0.133. The maximum absolute atomic E-state index is 13.2. The highest BCUT2D eigenvalue weighted by Crippen LogP contribution is 2.22. The molecule has 0 fully saturated rings. The van der Waals surface area contributed by atoms with Crippen molar-refractivity contribution in [3.8, 4) is 11.3 Å². The molecule has 3 heterocycles. The van der Waals surface area contributed by atoms with Crippen molar-refractivity contribution in [3.05, 3.63) is 75.7 Å². The van der Waals surface area contributed by atoms with Crippen molar-refractivity contribution in [2.24, 2.45) is 0 Å². The molecular weight excluding hydrogens is 347 g/mol. The smallest absolute Gasteiger partial charge is 0.272 e. The summed E-state index contributed by atoms with van der Waals surface area (Å²) in [5.41, 5.74) is 4.77. The van der Waals surface area contributed by atoms with Gasteiger partial charge in [-0.3, -0.25) is 19.9 Å². The van der Waals surface area contributed by atoms with Crippen LogP contribution in [0.4, 0.5) is 4.39 Å². The van der Waals surface area contributed by atoms with E-state index in [0.29, 0.717) is 24.4 Å². The van der Waals surface area contributed by atoms with Gasteiger partial charge in [-0.2, -0.15) is 5.10 Å². The Hall–Kier alpha value is -3.26. The molecule has 0 bridgehead atoms. The van der Waals surface area contributed by atoms with Crippen LogP contribution in [0.25, 0.3) is 16.9 Å². The number of rotatable bonds is 5. The minimum atomic E-state index is -0.273. The standard InChI is InChI=1S/C19H19FN6O/c1-12-7-17-22-16(8-18(27)26(17)24-12)11-25(2)10-14-9-21-23-19(14)13-3-5-15(20)6-4-13/h3-9,24H,10-11H2,1-2H3,(H,21,23). The quantitative estimate of drug-likeness (QED) is 0.569. The van der Waals surface area contributed by atoms with E-state index in [2.05, 4.69) is 25.2 Å². The summed E-state index contributed by atoms with van der Waals surface area (Å²) in [6, 6.07) is 9.67. The molecule has 0 unspecified atom stereocenters. The van der Waals surface area contributed by atoms with E-state index < -0.39 is 0 Å². The van der Waals surface area contributed by atoms with E-state index in [1.807, 2.05) is 20.0 Å². The lowest BCUT2D eigenvalue weighted by Gasteiger charge is -2.16. The van der Waals surface area contributed by atoms with E-state index in [1.165, 1.54) is 22.7 Å². The van der Waals surface area contributed by atoms with Gasteiger partial charge in [-0.15, -0.1) is 0 Å². The Morgan fingerprint density at radius 1 is 1.19 bits per heavy atom. The number of benzene rings is 1. The minimum Gasteiger partial charge on any atom is -0.296 e. The van der Waals surface area contributed by atoms with Gasteiger partial charge >= 0.3 is 0 Å². The number of fused-ring (bicyclic) bond motifs is 1. The number of halogens is 1. The van der Waals surface area contributed by atoms with Gasteiger partial charge in [0.2, 0.25) is 0 Å². The van der Waals surface area contributed by atoms with Crippen LogP contribution in [-0.2, 0) is 13.1 Å². The van der Waals surface area contributed by atoms with Gasteiger partial charge in [0, 0.05) is 42.0 Å². The Balaban J connectivity index is 1.54. The summed E-state index contributed by atoms with van der Waals surface area (Å²) in [6.07, 6.45) is 1.76. The second-order valence-electron chi connectivity index (χ2n) is 6.67. The van der Waals surface area contributed by atoms with Crippen molar-refractivity contribution < 1.29 is 4.39 Å². The Morgan fingerprint density at radius 3 is 2.74 bits per heavy atom. The third kappa shape index (κ3) is 3.52. The summed E-state index contributed by atoms with van der Waals surface area (Å²) >= 11 is 0.